The summed E-state index contributed by atoms with van der Waals surface area (Å²) in [6.45, 7) is 1.96. The summed E-state index contributed by atoms with van der Waals surface area (Å²) >= 11 is 0. The highest BCUT2D eigenvalue weighted by Crippen LogP contribution is 2.48. The van der Waals surface area contributed by atoms with Crippen LogP contribution in [0.4, 0.5) is 11.4 Å². The molecule has 0 aromatic heterocycles. The Labute approximate surface area is 192 Å². The van der Waals surface area contributed by atoms with E-state index in [4.69, 9.17) is 14.3 Å². The fourth-order valence-corrected chi connectivity index (χ4v) is 4.46. The molecule has 2 heterocycles. The van der Waals surface area contributed by atoms with Crippen molar-refractivity contribution in [2.75, 3.05) is 24.2 Å². The van der Waals surface area contributed by atoms with Crippen LogP contribution in [0.15, 0.2) is 72.8 Å². The van der Waals surface area contributed by atoms with Gasteiger partial charge >= 0.3 is 0 Å². The van der Waals surface area contributed by atoms with Gasteiger partial charge in [-0.2, -0.15) is 0 Å². The number of methoxy groups -OCH3 is 2. The number of amides is 2. The minimum Gasteiger partial charge on any atom is -0.497 e. The van der Waals surface area contributed by atoms with Crippen molar-refractivity contribution in [3.8, 4) is 11.5 Å². The number of carbonyl (C=O) groups excluding carboxylic acids is 2. The predicted molar refractivity (Wildman–Crippen MR) is 123 cm³/mol. The van der Waals surface area contributed by atoms with Crippen LogP contribution in [0.25, 0.3) is 0 Å². The molecule has 5 rings (SSSR count). The summed E-state index contributed by atoms with van der Waals surface area (Å²) in [5.41, 5.74) is 3.19. The zero-order chi connectivity index (χ0) is 23.1. The van der Waals surface area contributed by atoms with Gasteiger partial charge in [-0.1, -0.05) is 29.8 Å². The Morgan fingerprint density at radius 1 is 0.727 bits per heavy atom. The molecular formula is C26H24N2O5. The molecule has 33 heavy (non-hydrogen) atoms. The number of ether oxygens (including phenoxy) is 2. The molecule has 2 fully saturated rings. The maximum atomic E-state index is 13.6. The number of rotatable bonds is 5. The Kier molecular flexibility index (Phi) is 5.26. The Balaban J connectivity index is 1.56. The lowest BCUT2D eigenvalue weighted by Gasteiger charge is -2.29. The fraction of sp³-hybridized carbons (Fsp3) is 0.231. The van der Waals surface area contributed by atoms with Crippen LogP contribution in [-0.2, 0) is 14.4 Å². The molecule has 168 valence electrons. The van der Waals surface area contributed by atoms with Crippen LogP contribution in [-0.4, -0.2) is 32.1 Å². The minimum absolute atomic E-state index is 0.273. The summed E-state index contributed by atoms with van der Waals surface area (Å²) < 4.78 is 10.6. The smallest absolute Gasteiger partial charge is 0.266 e. The van der Waals surface area contributed by atoms with Crippen LogP contribution >= 0.6 is 0 Å². The second-order valence-corrected chi connectivity index (χ2v) is 8.14. The number of hydrogen-bond donors (Lipinski definition) is 0. The normalized spacial score (nSPS) is 22.0. The van der Waals surface area contributed by atoms with E-state index in [1.165, 1.54) is 4.90 Å². The first kappa shape index (κ1) is 21.0. The summed E-state index contributed by atoms with van der Waals surface area (Å²) in [5, 5.41) is 1.67. The van der Waals surface area contributed by atoms with Gasteiger partial charge in [0.05, 0.1) is 31.6 Å². The van der Waals surface area contributed by atoms with Gasteiger partial charge in [0.25, 0.3) is 5.91 Å². The molecule has 0 N–H and O–H groups in total. The summed E-state index contributed by atoms with van der Waals surface area (Å²) in [6.07, 6.45) is -0.909. The van der Waals surface area contributed by atoms with Crippen LogP contribution in [0, 0.1) is 12.8 Å². The maximum Gasteiger partial charge on any atom is 0.266 e. The standard InChI is InChI=1S/C26H24N2O5/c1-16-4-8-18(9-5-16)27-25(29)22-23(17-6-12-20(31-2)13-7-17)28(33-24(22)26(27)30)19-10-14-21(32-3)15-11-19/h4-15,22-24H,1-3H3/t22-,23-,24-/m0/s1. The zero-order valence-electron chi connectivity index (χ0n) is 18.6. The zero-order valence-corrected chi connectivity index (χ0v) is 18.6. The molecular weight excluding hydrogens is 420 g/mol. The topological polar surface area (TPSA) is 68.3 Å². The molecule has 0 spiro atoms. The highest BCUT2D eigenvalue weighted by Gasteiger charge is 2.60. The van der Waals surface area contributed by atoms with Crippen LogP contribution in [0.1, 0.15) is 17.2 Å². The van der Waals surface area contributed by atoms with Crippen LogP contribution < -0.4 is 19.4 Å². The number of imide groups is 1. The van der Waals surface area contributed by atoms with Gasteiger partial charge in [-0.3, -0.25) is 14.4 Å². The van der Waals surface area contributed by atoms with E-state index < -0.39 is 18.1 Å². The van der Waals surface area contributed by atoms with Crippen molar-refractivity contribution in [1.82, 2.24) is 0 Å². The molecule has 0 bridgehead atoms. The first-order valence-corrected chi connectivity index (χ1v) is 10.7. The number of benzene rings is 3. The Bertz CT molecular complexity index is 1170. The van der Waals surface area contributed by atoms with Gasteiger partial charge in [0.1, 0.15) is 17.4 Å². The lowest BCUT2D eigenvalue weighted by Crippen LogP contribution is -2.37. The molecule has 2 saturated heterocycles. The Morgan fingerprint density at radius 2 is 1.27 bits per heavy atom. The largest absolute Gasteiger partial charge is 0.497 e. The van der Waals surface area contributed by atoms with Gasteiger partial charge in [-0.25, -0.2) is 9.96 Å². The lowest BCUT2D eigenvalue weighted by atomic mass is 9.90. The van der Waals surface area contributed by atoms with Gasteiger partial charge in [0, 0.05) is 0 Å². The van der Waals surface area contributed by atoms with Crippen molar-refractivity contribution >= 4 is 23.2 Å². The fourth-order valence-electron chi connectivity index (χ4n) is 4.46. The van der Waals surface area contributed by atoms with E-state index in [0.717, 1.165) is 16.8 Å². The van der Waals surface area contributed by atoms with Gasteiger partial charge in [-0.05, 0) is 61.0 Å². The number of fused-ring (bicyclic) bond motifs is 1. The van der Waals surface area contributed by atoms with Crippen molar-refractivity contribution < 1.29 is 23.9 Å². The van der Waals surface area contributed by atoms with Gasteiger partial charge in [0.15, 0.2) is 6.10 Å². The number of nitrogens with zero attached hydrogens (tertiary/aromatic N) is 2. The van der Waals surface area contributed by atoms with Crippen molar-refractivity contribution in [3.63, 3.8) is 0 Å². The van der Waals surface area contributed by atoms with E-state index in [0.29, 0.717) is 17.2 Å². The molecule has 2 aliphatic heterocycles. The molecule has 0 unspecified atom stereocenters. The molecule has 7 heteroatoms. The third-order valence-electron chi connectivity index (χ3n) is 6.19. The van der Waals surface area contributed by atoms with E-state index in [2.05, 4.69) is 0 Å². The van der Waals surface area contributed by atoms with E-state index in [-0.39, 0.29) is 11.8 Å². The van der Waals surface area contributed by atoms with Crippen molar-refractivity contribution in [1.29, 1.82) is 0 Å². The second kappa shape index (κ2) is 8.26. The van der Waals surface area contributed by atoms with E-state index in [9.17, 15) is 9.59 Å². The van der Waals surface area contributed by atoms with E-state index >= 15 is 0 Å². The number of anilines is 2. The Hall–Kier alpha value is -3.84. The first-order chi connectivity index (χ1) is 16.0. The molecule has 0 aliphatic carbocycles. The highest BCUT2D eigenvalue weighted by atomic mass is 16.7. The van der Waals surface area contributed by atoms with E-state index in [1.807, 2.05) is 67.6 Å². The average Bonchev–Trinajstić information content (AvgIpc) is 3.36. The van der Waals surface area contributed by atoms with Crippen LogP contribution in [0.2, 0.25) is 0 Å². The third kappa shape index (κ3) is 3.50. The molecule has 2 amide bonds. The van der Waals surface area contributed by atoms with Crippen molar-refractivity contribution in [2.24, 2.45) is 5.92 Å². The highest BCUT2D eigenvalue weighted by molar-refractivity contribution is 6.23. The van der Waals surface area contributed by atoms with Crippen LogP contribution in [0.3, 0.4) is 0 Å². The molecule has 0 saturated carbocycles. The summed E-state index contributed by atoms with van der Waals surface area (Å²) in [6, 6.07) is 21.7. The molecule has 2 aliphatic rings. The summed E-state index contributed by atoms with van der Waals surface area (Å²) in [5.74, 6) is 0.0977. The minimum atomic E-state index is -0.909. The van der Waals surface area contributed by atoms with Crippen LogP contribution in [0.5, 0.6) is 11.5 Å². The lowest BCUT2D eigenvalue weighted by molar-refractivity contribution is -0.126. The van der Waals surface area contributed by atoms with Gasteiger partial charge < -0.3 is 9.47 Å². The second-order valence-electron chi connectivity index (χ2n) is 8.14. The third-order valence-corrected chi connectivity index (χ3v) is 6.19. The number of carbonyl (C=O) groups is 2. The maximum absolute atomic E-state index is 13.6. The molecule has 3 aromatic carbocycles. The van der Waals surface area contributed by atoms with Gasteiger partial charge in [-0.15, -0.1) is 0 Å². The number of hydroxylamine groups is 1. The molecule has 3 aromatic rings. The van der Waals surface area contributed by atoms with Gasteiger partial charge in [0.2, 0.25) is 5.91 Å². The van der Waals surface area contributed by atoms with Crippen molar-refractivity contribution in [3.05, 3.63) is 83.9 Å². The average molecular weight is 444 g/mol. The quantitative estimate of drug-likeness (QED) is 0.553. The number of hydrogen-bond acceptors (Lipinski definition) is 6. The molecule has 0 radical (unpaired) electrons. The SMILES string of the molecule is COc1ccc([C@H]2[C@@H]3C(=O)N(c4ccc(C)cc4)C(=O)[C@H]3ON2c2ccc(OC)cc2)cc1. The monoisotopic (exact) mass is 444 g/mol. The summed E-state index contributed by atoms with van der Waals surface area (Å²) in [4.78, 5) is 34.4. The summed E-state index contributed by atoms with van der Waals surface area (Å²) in [7, 11) is 3.20. The predicted octanol–water partition coefficient (Wildman–Crippen LogP) is 4.06. The van der Waals surface area contributed by atoms with E-state index in [1.54, 1.807) is 31.4 Å². The molecule has 3 atom stereocenters. The molecule has 7 nitrogen and oxygen atoms in total. The first-order valence-electron chi connectivity index (χ1n) is 10.7. The number of aryl methyl sites for hydroxylation is 1. The van der Waals surface area contributed by atoms with Crippen molar-refractivity contribution in [2.45, 2.75) is 19.1 Å². The Morgan fingerprint density at radius 3 is 1.85 bits per heavy atom.